The number of hydrogen-bond acceptors (Lipinski definition) is 6. The maximum Gasteiger partial charge on any atom is 0.451 e. The van der Waals surface area contributed by atoms with Gasteiger partial charge in [-0.05, 0) is 32.4 Å². The molecular formula is C20H22F3N5O2S. The van der Waals surface area contributed by atoms with E-state index >= 15 is 0 Å². The minimum absolute atomic E-state index is 0.0513. The van der Waals surface area contributed by atoms with Gasteiger partial charge in [-0.3, -0.25) is 4.68 Å². The molecule has 0 amide bonds. The second-order valence-electron chi connectivity index (χ2n) is 7.89. The maximum atomic E-state index is 13.3. The summed E-state index contributed by atoms with van der Waals surface area (Å²) in [5.74, 6) is -0.824. The number of alkyl halides is 3. The molecule has 0 unspecified atom stereocenters. The van der Waals surface area contributed by atoms with Crippen LogP contribution >= 0.6 is 0 Å². The van der Waals surface area contributed by atoms with Gasteiger partial charge in [0.05, 0.1) is 28.8 Å². The quantitative estimate of drug-likeness (QED) is 0.602. The third kappa shape index (κ3) is 4.10. The molecule has 31 heavy (non-hydrogen) atoms. The number of rotatable bonds is 4. The van der Waals surface area contributed by atoms with Crippen LogP contribution in [0.25, 0.3) is 10.9 Å². The fourth-order valence-electron chi connectivity index (χ4n) is 4.04. The summed E-state index contributed by atoms with van der Waals surface area (Å²) in [5, 5.41) is 5.05. The summed E-state index contributed by atoms with van der Waals surface area (Å²) in [6, 6.07) is 6.35. The Labute approximate surface area is 177 Å². The average Bonchev–Trinajstić information content (AvgIpc) is 3.19. The molecule has 0 bridgehead atoms. The molecule has 1 aliphatic heterocycles. The van der Waals surface area contributed by atoms with Gasteiger partial charge in [0.15, 0.2) is 9.84 Å². The summed E-state index contributed by atoms with van der Waals surface area (Å²) >= 11 is 0. The summed E-state index contributed by atoms with van der Waals surface area (Å²) in [7, 11) is -1.40. The van der Waals surface area contributed by atoms with Gasteiger partial charge in [-0.1, -0.05) is 12.1 Å². The Balaban J connectivity index is 1.71. The minimum atomic E-state index is -4.66. The lowest BCUT2D eigenvalue weighted by Gasteiger charge is -2.21. The standard InChI is InChI=1S/C20H22F3N5O2S/c1-12-16(13(2)28(26-12)14-8-9-31(29,30)11-14)10-27(3)18-15-6-4-5-7-17(15)24-19(25-18)20(21,22)23/h4-7,14H,8-11H2,1-3H3/t14-/m0/s1. The summed E-state index contributed by atoms with van der Waals surface area (Å²) < 4.78 is 65.5. The summed E-state index contributed by atoms with van der Waals surface area (Å²) in [4.78, 5) is 9.12. The summed E-state index contributed by atoms with van der Waals surface area (Å²) in [5.41, 5.74) is 2.57. The summed E-state index contributed by atoms with van der Waals surface area (Å²) in [6.07, 6.45) is -4.16. The van der Waals surface area contributed by atoms with E-state index in [9.17, 15) is 21.6 Å². The van der Waals surface area contributed by atoms with E-state index in [0.717, 1.165) is 11.3 Å². The number of aromatic nitrogens is 4. The molecule has 0 radical (unpaired) electrons. The third-order valence-corrected chi connectivity index (χ3v) is 7.37. The van der Waals surface area contributed by atoms with Crippen LogP contribution in [-0.4, -0.2) is 46.7 Å². The highest BCUT2D eigenvalue weighted by Crippen LogP contribution is 2.33. The van der Waals surface area contributed by atoms with Crippen molar-refractivity contribution in [2.75, 3.05) is 23.5 Å². The highest BCUT2D eigenvalue weighted by molar-refractivity contribution is 7.91. The average molecular weight is 453 g/mol. The largest absolute Gasteiger partial charge is 0.451 e. The van der Waals surface area contributed by atoms with E-state index in [0.29, 0.717) is 17.5 Å². The SMILES string of the molecule is Cc1nn([C@H]2CCS(=O)(=O)C2)c(C)c1CN(C)c1nc(C(F)(F)F)nc2ccccc12. The molecule has 0 saturated carbocycles. The second kappa shape index (κ2) is 7.47. The fourth-order valence-corrected chi connectivity index (χ4v) is 5.73. The lowest BCUT2D eigenvalue weighted by molar-refractivity contribution is -0.144. The Hall–Kier alpha value is -2.69. The van der Waals surface area contributed by atoms with Gasteiger partial charge in [-0.2, -0.15) is 18.3 Å². The van der Waals surface area contributed by atoms with Crippen LogP contribution in [0.1, 0.15) is 35.2 Å². The number of hydrogen-bond donors (Lipinski definition) is 0. The molecule has 0 aliphatic carbocycles. The topological polar surface area (TPSA) is 81.0 Å². The van der Waals surface area contributed by atoms with Gasteiger partial charge in [-0.15, -0.1) is 0 Å². The number of benzene rings is 1. The van der Waals surface area contributed by atoms with Crippen LogP contribution in [0.5, 0.6) is 0 Å². The van der Waals surface area contributed by atoms with Gasteiger partial charge in [0.1, 0.15) is 5.82 Å². The van der Waals surface area contributed by atoms with Crippen LogP contribution in [-0.2, 0) is 22.6 Å². The molecule has 3 aromatic rings. The molecule has 1 atom stereocenters. The number of nitrogens with zero attached hydrogens (tertiary/aromatic N) is 5. The number of anilines is 1. The van der Waals surface area contributed by atoms with Gasteiger partial charge in [0.25, 0.3) is 0 Å². The highest BCUT2D eigenvalue weighted by Gasteiger charge is 2.36. The monoisotopic (exact) mass is 453 g/mol. The smallest absolute Gasteiger partial charge is 0.355 e. The van der Waals surface area contributed by atoms with Crippen molar-refractivity contribution in [1.82, 2.24) is 19.7 Å². The van der Waals surface area contributed by atoms with E-state index < -0.39 is 21.8 Å². The molecule has 7 nitrogen and oxygen atoms in total. The molecule has 11 heteroatoms. The van der Waals surface area contributed by atoms with Crippen LogP contribution < -0.4 is 4.90 Å². The van der Waals surface area contributed by atoms with Crippen molar-refractivity contribution in [3.8, 4) is 0 Å². The Morgan fingerprint density at radius 1 is 1.19 bits per heavy atom. The molecule has 1 fully saturated rings. The fraction of sp³-hybridized carbons (Fsp3) is 0.450. The maximum absolute atomic E-state index is 13.3. The number of fused-ring (bicyclic) bond motifs is 1. The van der Waals surface area contributed by atoms with Crippen molar-refractivity contribution in [2.24, 2.45) is 0 Å². The number of para-hydroxylation sites is 1. The molecule has 1 aliphatic rings. The first kappa shape index (κ1) is 21.5. The molecule has 166 valence electrons. The van der Waals surface area contributed by atoms with Gasteiger partial charge in [0, 0.05) is 30.2 Å². The van der Waals surface area contributed by atoms with Gasteiger partial charge in [0.2, 0.25) is 5.82 Å². The van der Waals surface area contributed by atoms with E-state index in [4.69, 9.17) is 0 Å². The first-order valence-corrected chi connectivity index (χ1v) is 11.6. The minimum Gasteiger partial charge on any atom is -0.355 e. The molecule has 1 saturated heterocycles. The third-order valence-electron chi connectivity index (χ3n) is 5.62. The van der Waals surface area contributed by atoms with E-state index in [-0.39, 0.29) is 35.4 Å². The molecule has 1 aromatic carbocycles. The molecule has 3 heterocycles. The molecule has 4 rings (SSSR count). The van der Waals surface area contributed by atoms with Crippen LogP contribution in [0.3, 0.4) is 0 Å². The van der Waals surface area contributed by atoms with E-state index in [1.54, 1.807) is 34.8 Å². The molecule has 0 N–H and O–H groups in total. The normalized spacial score (nSPS) is 18.6. The van der Waals surface area contributed by atoms with Crippen LogP contribution in [0.2, 0.25) is 0 Å². The van der Waals surface area contributed by atoms with Crippen molar-refractivity contribution < 1.29 is 21.6 Å². The first-order chi connectivity index (χ1) is 14.5. The van der Waals surface area contributed by atoms with E-state index in [1.165, 1.54) is 6.07 Å². The van der Waals surface area contributed by atoms with Crippen LogP contribution in [0, 0.1) is 13.8 Å². The summed E-state index contributed by atoms with van der Waals surface area (Å²) in [6.45, 7) is 3.94. The van der Waals surface area contributed by atoms with Crippen molar-refractivity contribution >= 4 is 26.6 Å². The highest BCUT2D eigenvalue weighted by atomic mass is 32.2. The van der Waals surface area contributed by atoms with Gasteiger partial charge < -0.3 is 4.90 Å². The van der Waals surface area contributed by atoms with Crippen molar-refractivity contribution in [1.29, 1.82) is 0 Å². The zero-order chi connectivity index (χ0) is 22.6. The first-order valence-electron chi connectivity index (χ1n) is 9.76. The number of sulfone groups is 1. The predicted octanol–water partition coefficient (Wildman–Crippen LogP) is 3.46. The lowest BCUT2D eigenvalue weighted by Crippen LogP contribution is -2.22. The molecule has 0 spiro atoms. The van der Waals surface area contributed by atoms with Gasteiger partial charge in [-0.25, -0.2) is 18.4 Å². The van der Waals surface area contributed by atoms with E-state index in [1.807, 2.05) is 13.8 Å². The van der Waals surface area contributed by atoms with Crippen LogP contribution in [0.15, 0.2) is 24.3 Å². The van der Waals surface area contributed by atoms with Crippen molar-refractivity contribution in [3.05, 3.63) is 47.0 Å². The predicted molar refractivity (Wildman–Crippen MR) is 111 cm³/mol. The number of halogens is 3. The molecule has 2 aromatic heterocycles. The molecular weight excluding hydrogens is 431 g/mol. The van der Waals surface area contributed by atoms with Crippen molar-refractivity contribution in [3.63, 3.8) is 0 Å². The van der Waals surface area contributed by atoms with E-state index in [2.05, 4.69) is 15.1 Å². The Morgan fingerprint density at radius 2 is 1.90 bits per heavy atom. The van der Waals surface area contributed by atoms with Gasteiger partial charge >= 0.3 is 6.18 Å². The van der Waals surface area contributed by atoms with Crippen LogP contribution in [0.4, 0.5) is 19.0 Å². The second-order valence-corrected chi connectivity index (χ2v) is 10.1. The lowest BCUT2D eigenvalue weighted by atomic mass is 10.1. The number of aryl methyl sites for hydroxylation is 1. The Morgan fingerprint density at radius 3 is 2.55 bits per heavy atom. The van der Waals surface area contributed by atoms with Crippen molar-refractivity contribution in [2.45, 2.75) is 39.0 Å². The Kier molecular flexibility index (Phi) is 5.19. The Bertz CT molecular complexity index is 1250. The zero-order valence-electron chi connectivity index (χ0n) is 17.3. The zero-order valence-corrected chi connectivity index (χ0v) is 18.1.